The number of nitrogen functional groups attached to an aromatic ring is 1. The first-order valence-corrected chi connectivity index (χ1v) is 6.97. The van der Waals surface area contributed by atoms with Crippen LogP contribution in [-0.2, 0) is 0 Å². The highest BCUT2D eigenvalue weighted by atomic mass is 35.5. The number of amides is 1. The zero-order valence-corrected chi connectivity index (χ0v) is 13.2. The van der Waals surface area contributed by atoms with Gasteiger partial charge in [0.25, 0.3) is 5.91 Å². The largest absolute Gasteiger partial charge is 0.397 e. The maximum Gasteiger partial charge on any atom is 0.255 e. The van der Waals surface area contributed by atoms with E-state index in [1.807, 2.05) is 19.0 Å². The van der Waals surface area contributed by atoms with E-state index in [9.17, 15) is 4.79 Å². The van der Waals surface area contributed by atoms with Crippen molar-refractivity contribution in [3.05, 3.63) is 52.0 Å². The van der Waals surface area contributed by atoms with Crippen molar-refractivity contribution < 1.29 is 4.79 Å². The normalized spacial score (nSPS) is 10.3. The molecule has 0 radical (unpaired) electrons. The van der Waals surface area contributed by atoms with Gasteiger partial charge in [-0.2, -0.15) is 0 Å². The lowest BCUT2D eigenvalue weighted by molar-refractivity contribution is 0.102. The van der Waals surface area contributed by atoms with E-state index in [1.54, 1.807) is 36.4 Å². The minimum absolute atomic E-state index is 0.261. The smallest absolute Gasteiger partial charge is 0.255 e. The van der Waals surface area contributed by atoms with Crippen molar-refractivity contribution in [3.63, 3.8) is 0 Å². The van der Waals surface area contributed by atoms with Gasteiger partial charge >= 0.3 is 0 Å². The summed E-state index contributed by atoms with van der Waals surface area (Å²) in [4.78, 5) is 14.0. The highest BCUT2D eigenvalue weighted by Gasteiger charge is 2.12. The van der Waals surface area contributed by atoms with Gasteiger partial charge in [0.2, 0.25) is 0 Å². The van der Waals surface area contributed by atoms with Gasteiger partial charge in [-0.1, -0.05) is 23.2 Å². The fraction of sp³-hybridized carbons (Fsp3) is 0.133. The second-order valence-corrected chi connectivity index (χ2v) is 5.59. The Morgan fingerprint density at radius 2 is 1.76 bits per heavy atom. The van der Waals surface area contributed by atoms with Crippen LogP contribution in [0.5, 0.6) is 0 Å². The molecule has 0 atom stereocenters. The summed E-state index contributed by atoms with van der Waals surface area (Å²) in [5.41, 5.74) is 8.24. The topological polar surface area (TPSA) is 58.4 Å². The molecule has 1 amide bonds. The molecule has 4 nitrogen and oxygen atoms in total. The van der Waals surface area contributed by atoms with Crippen molar-refractivity contribution >= 4 is 46.2 Å². The molecule has 0 aliphatic rings. The summed E-state index contributed by atoms with van der Waals surface area (Å²) in [5.74, 6) is -0.261. The number of carbonyl (C=O) groups is 1. The average molecular weight is 324 g/mol. The molecular formula is C15H15Cl2N3O. The molecule has 0 unspecified atom stereocenters. The van der Waals surface area contributed by atoms with E-state index >= 15 is 0 Å². The van der Waals surface area contributed by atoms with E-state index < -0.39 is 0 Å². The predicted molar refractivity (Wildman–Crippen MR) is 89.6 cm³/mol. The maximum absolute atomic E-state index is 12.2. The first-order valence-electron chi connectivity index (χ1n) is 6.21. The Hall–Kier alpha value is -1.91. The molecule has 0 aromatic heterocycles. The van der Waals surface area contributed by atoms with Gasteiger partial charge < -0.3 is 16.0 Å². The van der Waals surface area contributed by atoms with E-state index in [-0.39, 0.29) is 5.91 Å². The fourth-order valence-electron chi connectivity index (χ4n) is 1.86. The first kappa shape index (κ1) is 15.5. The number of rotatable bonds is 3. The van der Waals surface area contributed by atoms with Crippen LogP contribution >= 0.6 is 23.2 Å². The predicted octanol–water partition coefficient (Wildman–Crippen LogP) is 3.89. The number of nitrogens with one attached hydrogen (secondary N) is 1. The summed E-state index contributed by atoms with van der Waals surface area (Å²) >= 11 is 11.9. The quantitative estimate of drug-likeness (QED) is 0.842. The van der Waals surface area contributed by atoms with Gasteiger partial charge in [-0.05, 0) is 36.4 Å². The van der Waals surface area contributed by atoms with Gasteiger partial charge in [-0.3, -0.25) is 4.79 Å². The van der Waals surface area contributed by atoms with Crippen molar-refractivity contribution in [1.82, 2.24) is 0 Å². The Bertz CT molecular complexity index is 669. The van der Waals surface area contributed by atoms with Gasteiger partial charge in [0.15, 0.2) is 0 Å². The first-order chi connectivity index (χ1) is 9.88. The molecule has 2 aromatic carbocycles. The third-order valence-electron chi connectivity index (χ3n) is 2.95. The van der Waals surface area contributed by atoms with Crippen LogP contribution in [0.1, 0.15) is 10.4 Å². The van der Waals surface area contributed by atoms with Crippen molar-refractivity contribution in [2.75, 3.05) is 30.0 Å². The SMILES string of the molecule is CN(C)c1cc(NC(=O)c2ccc(Cl)cc2)c(Cl)cc1N. The van der Waals surface area contributed by atoms with E-state index in [1.165, 1.54) is 0 Å². The second-order valence-electron chi connectivity index (χ2n) is 4.75. The molecule has 0 saturated heterocycles. The number of halogens is 2. The molecule has 0 bridgehead atoms. The maximum atomic E-state index is 12.2. The molecule has 0 spiro atoms. The Morgan fingerprint density at radius 1 is 1.14 bits per heavy atom. The average Bonchev–Trinajstić information content (AvgIpc) is 2.42. The number of hydrogen-bond acceptors (Lipinski definition) is 3. The third-order valence-corrected chi connectivity index (χ3v) is 3.52. The molecule has 0 fully saturated rings. The van der Waals surface area contributed by atoms with Crippen molar-refractivity contribution in [2.45, 2.75) is 0 Å². The molecule has 21 heavy (non-hydrogen) atoms. The lowest BCUT2D eigenvalue weighted by Gasteiger charge is -2.18. The fourth-order valence-corrected chi connectivity index (χ4v) is 2.20. The Labute approximate surface area is 133 Å². The molecule has 0 aliphatic heterocycles. The van der Waals surface area contributed by atoms with Crippen LogP contribution in [0.25, 0.3) is 0 Å². The van der Waals surface area contributed by atoms with Crippen molar-refractivity contribution in [3.8, 4) is 0 Å². The minimum atomic E-state index is -0.261. The van der Waals surface area contributed by atoms with Gasteiger partial charge in [0, 0.05) is 24.7 Å². The van der Waals surface area contributed by atoms with Gasteiger partial charge in [0.05, 0.1) is 22.1 Å². The number of anilines is 3. The molecular weight excluding hydrogens is 309 g/mol. The van der Waals surface area contributed by atoms with E-state index in [0.717, 1.165) is 5.69 Å². The van der Waals surface area contributed by atoms with E-state index in [2.05, 4.69) is 5.32 Å². The molecule has 6 heteroatoms. The minimum Gasteiger partial charge on any atom is -0.397 e. The number of benzene rings is 2. The molecule has 0 heterocycles. The highest BCUT2D eigenvalue weighted by molar-refractivity contribution is 6.34. The standard InChI is InChI=1S/C15H15Cl2N3O/c1-20(2)14-8-13(11(17)7-12(14)18)19-15(21)9-3-5-10(16)6-4-9/h3-8H,18H2,1-2H3,(H,19,21). The van der Waals surface area contributed by atoms with Gasteiger partial charge in [-0.25, -0.2) is 0 Å². The third kappa shape index (κ3) is 3.60. The molecule has 110 valence electrons. The van der Waals surface area contributed by atoms with E-state index in [0.29, 0.717) is 27.0 Å². The number of nitrogens with two attached hydrogens (primary N) is 1. The summed E-state index contributed by atoms with van der Waals surface area (Å²) in [6, 6.07) is 9.98. The van der Waals surface area contributed by atoms with Crippen LogP contribution < -0.4 is 16.0 Å². The molecule has 0 saturated carbocycles. The Morgan fingerprint density at radius 3 is 2.33 bits per heavy atom. The van der Waals surface area contributed by atoms with Crippen LogP contribution in [0.15, 0.2) is 36.4 Å². The Kier molecular flexibility index (Phi) is 4.60. The van der Waals surface area contributed by atoms with Crippen LogP contribution in [0.2, 0.25) is 10.0 Å². The summed E-state index contributed by atoms with van der Waals surface area (Å²) in [5, 5.41) is 3.74. The van der Waals surface area contributed by atoms with Crippen molar-refractivity contribution in [1.29, 1.82) is 0 Å². The Balaban J connectivity index is 2.28. The molecule has 2 rings (SSSR count). The van der Waals surface area contributed by atoms with Crippen LogP contribution in [0.3, 0.4) is 0 Å². The molecule has 2 aromatic rings. The van der Waals surface area contributed by atoms with Crippen molar-refractivity contribution in [2.24, 2.45) is 0 Å². The zero-order chi connectivity index (χ0) is 15.6. The van der Waals surface area contributed by atoms with Gasteiger partial charge in [-0.15, -0.1) is 0 Å². The van der Waals surface area contributed by atoms with Gasteiger partial charge in [0.1, 0.15) is 0 Å². The lowest BCUT2D eigenvalue weighted by atomic mass is 10.2. The summed E-state index contributed by atoms with van der Waals surface area (Å²) in [6.45, 7) is 0. The number of carbonyl (C=O) groups excluding carboxylic acids is 1. The number of nitrogens with zero attached hydrogens (tertiary/aromatic N) is 1. The monoisotopic (exact) mass is 323 g/mol. The molecule has 0 aliphatic carbocycles. The van der Waals surface area contributed by atoms with Crippen LogP contribution in [0.4, 0.5) is 17.1 Å². The molecule has 3 N–H and O–H groups in total. The lowest BCUT2D eigenvalue weighted by Crippen LogP contribution is -2.15. The highest BCUT2D eigenvalue weighted by Crippen LogP contribution is 2.32. The zero-order valence-electron chi connectivity index (χ0n) is 11.7. The number of hydrogen-bond donors (Lipinski definition) is 2. The van der Waals surface area contributed by atoms with Crippen LogP contribution in [-0.4, -0.2) is 20.0 Å². The summed E-state index contributed by atoms with van der Waals surface area (Å²) < 4.78 is 0. The van der Waals surface area contributed by atoms with E-state index in [4.69, 9.17) is 28.9 Å². The van der Waals surface area contributed by atoms with Crippen LogP contribution in [0, 0.1) is 0 Å². The summed E-state index contributed by atoms with van der Waals surface area (Å²) in [7, 11) is 3.73. The summed E-state index contributed by atoms with van der Waals surface area (Å²) in [6.07, 6.45) is 0. The second kappa shape index (κ2) is 6.24.